The molecule has 4 amide bonds. The number of hydrogen-bond donors (Lipinski definition) is 1. The molecule has 6 atom stereocenters. The van der Waals surface area contributed by atoms with Crippen LogP contribution in [0.5, 0.6) is 11.5 Å². The first kappa shape index (κ1) is 28.2. The molecule has 8 nitrogen and oxygen atoms in total. The lowest BCUT2D eigenvalue weighted by atomic mass is 9.56. The lowest BCUT2D eigenvalue weighted by molar-refractivity contribution is -0.141. The first-order valence-electron chi connectivity index (χ1n) is 12.4. The van der Waals surface area contributed by atoms with E-state index in [1.807, 2.05) is 23.6 Å². The zero-order valence-electron chi connectivity index (χ0n) is 20.9. The van der Waals surface area contributed by atoms with Crippen LogP contribution in [0.3, 0.4) is 0 Å². The highest BCUT2D eigenvalue weighted by Gasteiger charge is 2.76. The maximum atomic E-state index is 13.9. The molecule has 2 aromatic rings. The molecule has 0 spiro atoms. The number of methoxy groups -OCH3 is 1. The summed E-state index contributed by atoms with van der Waals surface area (Å²) in [7, 11) is 1.39. The Kier molecular flexibility index (Phi) is 6.93. The van der Waals surface area contributed by atoms with Gasteiger partial charge in [0.25, 0.3) is 11.8 Å². The number of phenolic OH excluding ortho intramolecular Hbond substituents is 1. The van der Waals surface area contributed by atoms with Gasteiger partial charge in [-0.2, -0.15) is 0 Å². The number of imide groups is 2. The fourth-order valence-electron chi connectivity index (χ4n) is 6.85. The maximum absolute atomic E-state index is 13.9. The summed E-state index contributed by atoms with van der Waals surface area (Å²) >= 11 is 22.5. The topological polar surface area (TPSA) is 104 Å². The average molecular weight is 733 g/mol. The predicted molar refractivity (Wildman–Crippen MR) is 156 cm³/mol. The van der Waals surface area contributed by atoms with Crippen molar-refractivity contribution in [2.75, 3.05) is 12.6 Å². The fourth-order valence-corrected chi connectivity index (χ4v) is 9.41. The van der Waals surface area contributed by atoms with Gasteiger partial charge < -0.3 is 9.84 Å². The summed E-state index contributed by atoms with van der Waals surface area (Å²) in [5, 5.41) is 13.2. The SMILES string of the molecule is COc1cc(Br)cc([C@H]2C3=CC[C@@H]4C(=O)N(Cc5cccs5)C(=O)[C@@H]4[C@@H]3C[C@@]3(Cl)C(=O)N(CBr)C(=O)[C@@]23Cl)c1O. The van der Waals surface area contributed by atoms with Crippen LogP contribution in [0.4, 0.5) is 0 Å². The van der Waals surface area contributed by atoms with Crippen LogP contribution in [0.15, 0.2) is 45.8 Å². The Morgan fingerprint density at radius 2 is 1.88 bits per heavy atom. The molecule has 210 valence electrons. The molecule has 0 unspecified atom stereocenters. The molecule has 3 fully saturated rings. The zero-order valence-corrected chi connectivity index (χ0v) is 26.4. The molecule has 2 saturated heterocycles. The smallest absolute Gasteiger partial charge is 0.254 e. The molecule has 4 aliphatic rings. The lowest BCUT2D eigenvalue weighted by Crippen LogP contribution is -2.60. The van der Waals surface area contributed by atoms with E-state index in [1.54, 1.807) is 12.1 Å². The van der Waals surface area contributed by atoms with Gasteiger partial charge in [-0.1, -0.05) is 49.6 Å². The molecule has 0 bridgehead atoms. The Bertz CT molecular complexity index is 1500. The first-order valence-corrected chi connectivity index (χ1v) is 16.0. The Morgan fingerprint density at radius 1 is 1.12 bits per heavy atom. The van der Waals surface area contributed by atoms with E-state index in [0.29, 0.717) is 10.0 Å². The second-order valence-electron chi connectivity index (χ2n) is 10.4. The van der Waals surface area contributed by atoms with Gasteiger partial charge in [0.15, 0.2) is 21.2 Å². The predicted octanol–water partition coefficient (Wildman–Crippen LogP) is 5.14. The molecular weight excluding hydrogens is 711 g/mol. The number of hydrogen-bond acceptors (Lipinski definition) is 7. The molecule has 3 heterocycles. The van der Waals surface area contributed by atoms with Crippen LogP contribution in [0, 0.1) is 17.8 Å². The number of nitrogens with zero attached hydrogens (tertiary/aromatic N) is 2. The van der Waals surface area contributed by atoms with E-state index < -0.39 is 45.2 Å². The van der Waals surface area contributed by atoms with Gasteiger partial charge in [0.05, 0.1) is 30.9 Å². The van der Waals surface area contributed by atoms with Crippen LogP contribution in [-0.4, -0.2) is 60.8 Å². The van der Waals surface area contributed by atoms with Crippen molar-refractivity contribution in [3.63, 3.8) is 0 Å². The van der Waals surface area contributed by atoms with E-state index >= 15 is 0 Å². The van der Waals surface area contributed by atoms with E-state index in [4.69, 9.17) is 27.9 Å². The number of amides is 4. The third-order valence-corrected chi connectivity index (χ3v) is 11.8. The first-order chi connectivity index (χ1) is 19.0. The van der Waals surface area contributed by atoms with E-state index in [0.717, 1.165) is 9.78 Å². The summed E-state index contributed by atoms with van der Waals surface area (Å²) in [5.41, 5.74) is 0.695. The fraction of sp³-hybridized carbons (Fsp3) is 0.407. The molecule has 2 aliphatic heterocycles. The van der Waals surface area contributed by atoms with Crippen LogP contribution in [-0.2, 0) is 25.7 Å². The number of phenols is 1. The van der Waals surface area contributed by atoms with E-state index in [9.17, 15) is 24.3 Å². The Labute approximate surface area is 260 Å². The summed E-state index contributed by atoms with van der Waals surface area (Å²) in [6.45, 7) is 0.164. The molecule has 1 N–H and O–H groups in total. The van der Waals surface area contributed by atoms with Crippen LogP contribution < -0.4 is 4.74 Å². The van der Waals surface area contributed by atoms with Crippen LogP contribution in [0.1, 0.15) is 29.2 Å². The molecule has 13 heteroatoms. The highest BCUT2D eigenvalue weighted by molar-refractivity contribution is 9.10. The Balaban J connectivity index is 1.53. The number of likely N-dealkylation sites (tertiary alicyclic amines) is 2. The second kappa shape index (κ2) is 9.83. The van der Waals surface area contributed by atoms with Crippen molar-refractivity contribution in [3.05, 3.63) is 56.2 Å². The molecular formula is C27H22Br2Cl2N2O6S. The highest BCUT2D eigenvalue weighted by atomic mass is 79.9. The lowest BCUT2D eigenvalue weighted by Gasteiger charge is -2.50. The summed E-state index contributed by atoms with van der Waals surface area (Å²) in [5.74, 6) is -5.32. The van der Waals surface area contributed by atoms with Gasteiger partial charge in [-0.15, -0.1) is 34.5 Å². The standard InChI is InChI=1S/C27H22Br2Cl2N2O6S/c1-39-18-8-12(29)7-16(21(18)34)20-14-4-5-15-19(23(36)32(22(15)35)10-13-3-2-6-40-13)17(14)9-26(30)24(37)33(11-28)25(38)27(20,26)31/h2-4,6-8,15,17,19-20,34H,5,9-11H2,1H3/t15-,17+,19-,20+,26+,27-/m0/s1. The van der Waals surface area contributed by atoms with Crippen molar-refractivity contribution in [1.82, 2.24) is 9.80 Å². The number of carbonyl (C=O) groups excluding carboxylic acids is 4. The third kappa shape index (κ3) is 3.66. The maximum Gasteiger partial charge on any atom is 0.254 e. The molecule has 2 aliphatic carbocycles. The van der Waals surface area contributed by atoms with Crippen molar-refractivity contribution in [3.8, 4) is 11.5 Å². The van der Waals surface area contributed by atoms with Crippen LogP contribution >= 0.6 is 66.4 Å². The minimum atomic E-state index is -2.01. The number of fused-ring (bicyclic) bond motifs is 4. The summed E-state index contributed by atoms with van der Waals surface area (Å²) in [4.78, 5) is 54.1. The van der Waals surface area contributed by atoms with Crippen molar-refractivity contribution in [2.24, 2.45) is 17.8 Å². The Hall–Kier alpha value is -1.92. The van der Waals surface area contributed by atoms with Crippen molar-refractivity contribution in [2.45, 2.75) is 35.1 Å². The van der Waals surface area contributed by atoms with Crippen molar-refractivity contribution in [1.29, 1.82) is 0 Å². The number of thiophene rings is 1. The average Bonchev–Trinajstić information content (AvgIpc) is 3.57. The summed E-state index contributed by atoms with van der Waals surface area (Å²) in [6, 6.07) is 6.90. The van der Waals surface area contributed by atoms with Gasteiger partial charge in [0.2, 0.25) is 11.8 Å². The minimum absolute atomic E-state index is 0.118. The number of aromatic hydroxyl groups is 1. The Morgan fingerprint density at radius 3 is 2.52 bits per heavy atom. The monoisotopic (exact) mass is 730 g/mol. The second-order valence-corrected chi connectivity index (χ2v) is 14.1. The van der Waals surface area contributed by atoms with Gasteiger partial charge in [-0.05, 0) is 42.3 Å². The molecule has 6 rings (SSSR count). The number of alkyl halides is 3. The zero-order chi connectivity index (χ0) is 28.7. The summed E-state index contributed by atoms with van der Waals surface area (Å²) < 4.78 is 5.91. The van der Waals surface area contributed by atoms with E-state index in [1.165, 1.54) is 23.3 Å². The molecule has 0 radical (unpaired) electrons. The third-order valence-electron chi connectivity index (χ3n) is 8.60. The van der Waals surface area contributed by atoms with Crippen molar-refractivity contribution >= 4 is 90.0 Å². The normalized spacial score (nSPS) is 33.2. The number of ether oxygens (including phenoxy) is 1. The van der Waals surface area contributed by atoms with E-state index in [-0.39, 0.29) is 53.7 Å². The van der Waals surface area contributed by atoms with Gasteiger partial charge in [-0.3, -0.25) is 29.0 Å². The molecule has 1 saturated carbocycles. The van der Waals surface area contributed by atoms with Crippen molar-refractivity contribution < 1.29 is 29.0 Å². The molecule has 40 heavy (non-hydrogen) atoms. The molecule has 1 aromatic carbocycles. The number of carbonyl (C=O) groups is 4. The van der Waals surface area contributed by atoms with Gasteiger partial charge >= 0.3 is 0 Å². The molecule has 1 aromatic heterocycles. The number of allylic oxidation sites excluding steroid dienone is 2. The minimum Gasteiger partial charge on any atom is -0.504 e. The van der Waals surface area contributed by atoms with Crippen LogP contribution in [0.2, 0.25) is 0 Å². The number of rotatable bonds is 5. The summed E-state index contributed by atoms with van der Waals surface area (Å²) in [6.07, 6.45) is 1.96. The number of halogens is 4. The van der Waals surface area contributed by atoms with Gasteiger partial charge in [-0.25, -0.2) is 0 Å². The van der Waals surface area contributed by atoms with E-state index in [2.05, 4.69) is 31.9 Å². The largest absolute Gasteiger partial charge is 0.504 e. The quantitative estimate of drug-likeness (QED) is 0.198. The van der Waals surface area contributed by atoms with Gasteiger partial charge in [0.1, 0.15) is 0 Å². The highest BCUT2D eigenvalue weighted by Crippen LogP contribution is 2.66. The van der Waals surface area contributed by atoms with Crippen LogP contribution in [0.25, 0.3) is 0 Å². The van der Waals surface area contributed by atoms with Gasteiger partial charge in [0, 0.05) is 20.8 Å². The number of benzene rings is 1.